The molecule has 0 amide bonds. The minimum Gasteiger partial charge on any atom is -0.481 e. The highest BCUT2D eigenvalue weighted by Gasteiger charge is 2.03. The van der Waals surface area contributed by atoms with E-state index in [0.717, 1.165) is 18.6 Å². The van der Waals surface area contributed by atoms with Crippen LogP contribution in [0.4, 0.5) is 0 Å². The number of thiol groups is 1. The molecule has 0 aliphatic carbocycles. The summed E-state index contributed by atoms with van der Waals surface area (Å²) in [5.74, 6) is 0.147. The molecule has 0 rings (SSSR count). The lowest BCUT2D eigenvalue weighted by molar-refractivity contribution is -0.137. The molecule has 0 aromatic rings. The Labute approximate surface area is 83.9 Å². The lowest BCUT2D eigenvalue weighted by atomic mass is 10.1. The minimum absolute atomic E-state index is 0.0955. The average Bonchev–Trinajstić information content (AvgIpc) is 2.04. The van der Waals surface area contributed by atoms with Gasteiger partial charge in [0, 0.05) is 19.3 Å². The fourth-order valence-corrected chi connectivity index (χ4v) is 1.22. The van der Waals surface area contributed by atoms with E-state index in [-0.39, 0.29) is 12.2 Å². The first-order chi connectivity index (χ1) is 6.16. The standard InChI is InChI=1S/C9H16O3S/c10-8(4-1-2-7-13)5-3-6-9(11)12/h13H,1-7H2,(H,11,12). The minimum atomic E-state index is -0.830. The van der Waals surface area contributed by atoms with Crippen LogP contribution in [0.25, 0.3) is 0 Å². The highest BCUT2D eigenvalue weighted by Crippen LogP contribution is 2.04. The zero-order chi connectivity index (χ0) is 10.1. The Balaban J connectivity index is 3.25. The number of carbonyl (C=O) groups is 2. The van der Waals surface area contributed by atoms with Gasteiger partial charge in [-0.3, -0.25) is 9.59 Å². The highest BCUT2D eigenvalue weighted by molar-refractivity contribution is 7.80. The van der Waals surface area contributed by atoms with Crippen molar-refractivity contribution >= 4 is 24.4 Å². The van der Waals surface area contributed by atoms with Crippen LogP contribution in [-0.4, -0.2) is 22.6 Å². The van der Waals surface area contributed by atoms with Crippen molar-refractivity contribution in [3.05, 3.63) is 0 Å². The van der Waals surface area contributed by atoms with Gasteiger partial charge < -0.3 is 5.11 Å². The molecule has 1 N–H and O–H groups in total. The Hall–Kier alpha value is -0.510. The van der Waals surface area contributed by atoms with Crippen molar-refractivity contribution in [2.75, 3.05) is 5.75 Å². The number of ketones is 1. The van der Waals surface area contributed by atoms with Crippen LogP contribution < -0.4 is 0 Å². The van der Waals surface area contributed by atoms with Crippen LogP contribution in [0.15, 0.2) is 0 Å². The molecule has 0 aromatic heterocycles. The highest BCUT2D eigenvalue weighted by atomic mass is 32.1. The first-order valence-corrected chi connectivity index (χ1v) is 5.14. The normalized spacial score (nSPS) is 9.92. The van der Waals surface area contributed by atoms with Crippen molar-refractivity contribution in [3.63, 3.8) is 0 Å². The summed E-state index contributed by atoms with van der Waals surface area (Å²) >= 11 is 4.03. The van der Waals surface area contributed by atoms with Gasteiger partial charge in [0.15, 0.2) is 0 Å². The van der Waals surface area contributed by atoms with Crippen LogP contribution in [0.1, 0.15) is 38.5 Å². The predicted molar refractivity (Wildman–Crippen MR) is 54.2 cm³/mol. The van der Waals surface area contributed by atoms with E-state index in [9.17, 15) is 9.59 Å². The van der Waals surface area contributed by atoms with Crippen LogP contribution in [0.2, 0.25) is 0 Å². The molecule has 4 heteroatoms. The number of unbranched alkanes of at least 4 members (excludes halogenated alkanes) is 1. The molecule has 13 heavy (non-hydrogen) atoms. The summed E-state index contributed by atoms with van der Waals surface area (Å²) in [5, 5.41) is 8.32. The lowest BCUT2D eigenvalue weighted by Gasteiger charge is -1.98. The second-order valence-corrected chi connectivity index (χ2v) is 3.41. The van der Waals surface area contributed by atoms with Crippen LogP contribution >= 0.6 is 12.6 Å². The van der Waals surface area contributed by atoms with Gasteiger partial charge in [-0.15, -0.1) is 0 Å². The van der Waals surface area contributed by atoms with Crippen molar-refractivity contribution < 1.29 is 14.7 Å². The third-order valence-electron chi connectivity index (χ3n) is 1.71. The number of rotatable bonds is 8. The van der Waals surface area contributed by atoms with E-state index in [4.69, 9.17) is 5.11 Å². The van der Waals surface area contributed by atoms with Crippen LogP contribution in [0, 0.1) is 0 Å². The molecular weight excluding hydrogens is 188 g/mol. The van der Waals surface area contributed by atoms with Crippen molar-refractivity contribution in [2.45, 2.75) is 38.5 Å². The van der Waals surface area contributed by atoms with Gasteiger partial charge in [0.2, 0.25) is 0 Å². The number of carboxylic acid groups (broad SMARTS) is 1. The molecule has 0 saturated carbocycles. The molecule has 3 nitrogen and oxygen atoms in total. The molecule has 0 aliphatic heterocycles. The summed E-state index contributed by atoms with van der Waals surface area (Å²) in [7, 11) is 0. The molecule has 0 fully saturated rings. The number of aliphatic carboxylic acids is 1. The van der Waals surface area contributed by atoms with Crippen molar-refractivity contribution in [3.8, 4) is 0 Å². The molecule has 76 valence electrons. The molecule has 0 aromatic carbocycles. The summed E-state index contributed by atoms with van der Waals surface area (Å²) in [4.78, 5) is 21.2. The van der Waals surface area contributed by atoms with Crippen molar-refractivity contribution in [1.82, 2.24) is 0 Å². The van der Waals surface area contributed by atoms with E-state index in [1.54, 1.807) is 0 Å². The van der Waals surface area contributed by atoms with Gasteiger partial charge in [-0.1, -0.05) is 0 Å². The summed E-state index contributed by atoms with van der Waals surface area (Å²) in [6.07, 6.45) is 3.36. The average molecular weight is 204 g/mol. The van der Waals surface area contributed by atoms with Gasteiger partial charge in [0.1, 0.15) is 5.78 Å². The molecule has 0 atom stereocenters. The van der Waals surface area contributed by atoms with Crippen LogP contribution in [0.5, 0.6) is 0 Å². The second kappa shape index (κ2) is 8.10. The maximum Gasteiger partial charge on any atom is 0.303 e. The van der Waals surface area contributed by atoms with E-state index >= 15 is 0 Å². The summed E-state index contributed by atoms with van der Waals surface area (Å²) in [6, 6.07) is 0. The zero-order valence-electron chi connectivity index (χ0n) is 7.66. The molecule has 0 heterocycles. The predicted octanol–water partition coefficient (Wildman–Crippen LogP) is 1.91. The monoisotopic (exact) mass is 204 g/mol. The fraction of sp³-hybridized carbons (Fsp3) is 0.778. The lowest BCUT2D eigenvalue weighted by Crippen LogP contribution is -2.01. The maximum absolute atomic E-state index is 11.1. The number of carbonyl (C=O) groups excluding carboxylic acids is 1. The zero-order valence-corrected chi connectivity index (χ0v) is 8.56. The smallest absolute Gasteiger partial charge is 0.303 e. The first kappa shape index (κ1) is 12.5. The van der Waals surface area contributed by atoms with Gasteiger partial charge in [0.25, 0.3) is 0 Å². The van der Waals surface area contributed by atoms with Crippen molar-refractivity contribution in [2.24, 2.45) is 0 Å². The Kier molecular flexibility index (Phi) is 7.79. The SMILES string of the molecule is O=C(O)CCCC(=O)CCCCS. The first-order valence-electron chi connectivity index (χ1n) is 4.51. The summed E-state index contributed by atoms with van der Waals surface area (Å²) < 4.78 is 0. The topological polar surface area (TPSA) is 54.4 Å². The Morgan fingerprint density at radius 2 is 1.62 bits per heavy atom. The van der Waals surface area contributed by atoms with E-state index in [0.29, 0.717) is 19.3 Å². The third-order valence-corrected chi connectivity index (χ3v) is 2.03. The molecule has 0 spiro atoms. The van der Waals surface area contributed by atoms with Gasteiger partial charge in [-0.2, -0.15) is 12.6 Å². The van der Waals surface area contributed by atoms with Crippen LogP contribution in [0.3, 0.4) is 0 Å². The van der Waals surface area contributed by atoms with Gasteiger partial charge in [-0.05, 0) is 25.0 Å². The maximum atomic E-state index is 11.1. The number of hydrogen-bond donors (Lipinski definition) is 2. The van der Waals surface area contributed by atoms with E-state index in [1.165, 1.54) is 0 Å². The number of Topliss-reactive ketones (excluding diaryl/α,β-unsaturated/α-hetero) is 1. The van der Waals surface area contributed by atoms with Crippen LogP contribution in [-0.2, 0) is 9.59 Å². The third kappa shape index (κ3) is 9.40. The number of carboxylic acids is 1. The Morgan fingerprint density at radius 1 is 1.00 bits per heavy atom. The largest absolute Gasteiger partial charge is 0.481 e. The second-order valence-electron chi connectivity index (χ2n) is 2.97. The molecule has 0 unspecified atom stereocenters. The molecular formula is C9H16O3S. The van der Waals surface area contributed by atoms with Gasteiger partial charge in [-0.25, -0.2) is 0 Å². The van der Waals surface area contributed by atoms with E-state index in [2.05, 4.69) is 12.6 Å². The molecule has 0 aliphatic rings. The molecule has 0 saturated heterocycles. The van der Waals surface area contributed by atoms with Gasteiger partial charge in [0.05, 0.1) is 0 Å². The summed E-state index contributed by atoms with van der Waals surface area (Å²) in [6.45, 7) is 0. The van der Waals surface area contributed by atoms with Gasteiger partial charge >= 0.3 is 5.97 Å². The Morgan fingerprint density at radius 3 is 2.15 bits per heavy atom. The van der Waals surface area contributed by atoms with E-state index < -0.39 is 5.97 Å². The summed E-state index contributed by atoms with van der Waals surface area (Å²) in [5.41, 5.74) is 0. The quantitative estimate of drug-likeness (QED) is 0.469. The molecule has 0 radical (unpaired) electrons. The number of hydrogen-bond acceptors (Lipinski definition) is 3. The van der Waals surface area contributed by atoms with Crippen molar-refractivity contribution in [1.29, 1.82) is 0 Å². The van der Waals surface area contributed by atoms with E-state index in [1.807, 2.05) is 0 Å². The Bertz CT molecular complexity index is 168. The fourth-order valence-electron chi connectivity index (χ4n) is 0.996. The molecule has 0 bridgehead atoms.